The van der Waals surface area contributed by atoms with Crippen LogP contribution in [0.5, 0.6) is 11.5 Å². The molecule has 2 aromatic carbocycles. The van der Waals surface area contributed by atoms with Crippen LogP contribution in [0.4, 0.5) is 4.39 Å². The van der Waals surface area contributed by atoms with E-state index >= 15 is 0 Å². The highest BCUT2D eigenvalue weighted by Crippen LogP contribution is 2.32. The van der Waals surface area contributed by atoms with Crippen molar-refractivity contribution in [2.45, 2.75) is 20.4 Å². The SMILES string of the molecule is CCNCc1c(F)cccc1Oc1ccc(C)cc1Br. The molecular formula is C16H17BrFNO. The van der Waals surface area contributed by atoms with Crippen molar-refractivity contribution in [3.8, 4) is 11.5 Å². The van der Waals surface area contributed by atoms with Gasteiger partial charge < -0.3 is 10.1 Å². The van der Waals surface area contributed by atoms with E-state index in [9.17, 15) is 4.39 Å². The third-order valence-corrected chi connectivity index (χ3v) is 3.55. The van der Waals surface area contributed by atoms with Crippen molar-refractivity contribution < 1.29 is 9.13 Å². The summed E-state index contributed by atoms with van der Waals surface area (Å²) in [5, 5.41) is 3.12. The van der Waals surface area contributed by atoms with E-state index in [1.807, 2.05) is 32.0 Å². The molecule has 0 aliphatic rings. The maximum Gasteiger partial charge on any atom is 0.141 e. The summed E-state index contributed by atoms with van der Waals surface area (Å²) < 4.78 is 20.6. The molecule has 0 saturated carbocycles. The molecule has 0 atom stereocenters. The fourth-order valence-electron chi connectivity index (χ4n) is 1.86. The number of halogens is 2. The number of ether oxygens (including phenoxy) is 1. The first kappa shape index (κ1) is 15.0. The predicted octanol–water partition coefficient (Wildman–Crippen LogP) is 4.80. The molecule has 0 fully saturated rings. The molecule has 2 nitrogen and oxygen atoms in total. The second kappa shape index (κ2) is 6.86. The van der Waals surface area contributed by atoms with Gasteiger partial charge in [0.1, 0.15) is 17.3 Å². The highest BCUT2D eigenvalue weighted by molar-refractivity contribution is 9.10. The summed E-state index contributed by atoms with van der Waals surface area (Å²) in [7, 11) is 0. The summed E-state index contributed by atoms with van der Waals surface area (Å²) in [6.45, 7) is 5.22. The molecule has 1 N–H and O–H groups in total. The van der Waals surface area contributed by atoms with E-state index in [0.29, 0.717) is 23.6 Å². The van der Waals surface area contributed by atoms with Crippen LogP contribution < -0.4 is 10.1 Å². The van der Waals surface area contributed by atoms with Crippen LogP contribution in [-0.2, 0) is 6.54 Å². The lowest BCUT2D eigenvalue weighted by atomic mass is 10.2. The normalized spacial score (nSPS) is 10.6. The second-order valence-electron chi connectivity index (χ2n) is 4.53. The molecule has 0 heterocycles. The molecule has 0 amide bonds. The summed E-state index contributed by atoms with van der Waals surface area (Å²) in [5.41, 5.74) is 1.68. The first-order chi connectivity index (χ1) is 9.61. The molecule has 2 aromatic rings. The first-order valence-corrected chi connectivity index (χ1v) is 7.33. The van der Waals surface area contributed by atoms with E-state index in [4.69, 9.17) is 4.74 Å². The maximum absolute atomic E-state index is 13.9. The summed E-state index contributed by atoms with van der Waals surface area (Å²) >= 11 is 3.47. The topological polar surface area (TPSA) is 21.3 Å². The van der Waals surface area contributed by atoms with Crippen molar-refractivity contribution >= 4 is 15.9 Å². The fraction of sp³-hybridized carbons (Fsp3) is 0.250. The monoisotopic (exact) mass is 337 g/mol. The van der Waals surface area contributed by atoms with Crippen molar-refractivity contribution in [2.24, 2.45) is 0 Å². The molecule has 0 aliphatic carbocycles. The van der Waals surface area contributed by atoms with E-state index < -0.39 is 0 Å². The Labute approximate surface area is 127 Å². The van der Waals surface area contributed by atoms with Gasteiger partial charge in [-0.2, -0.15) is 0 Å². The van der Waals surface area contributed by atoms with E-state index in [2.05, 4.69) is 21.2 Å². The van der Waals surface area contributed by atoms with Crippen molar-refractivity contribution in [2.75, 3.05) is 6.54 Å². The van der Waals surface area contributed by atoms with Crippen LogP contribution in [0.2, 0.25) is 0 Å². The van der Waals surface area contributed by atoms with Gasteiger partial charge >= 0.3 is 0 Å². The average Bonchev–Trinajstić information content (AvgIpc) is 2.41. The van der Waals surface area contributed by atoms with Gasteiger partial charge in [-0.1, -0.05) is 19.1 Å². The predicted molar refractivity (Wildman–Crippen MR) is 82.7 cm³/mol. The van der Waals surface area contributed by atoms with Crippen LogP contribution in [0.25, 0.3) is 0 Å². The zero-order chi connectivity index (χ0) is 14.5. The van der Waals surface area contributed by atoms with Gasteiger partial charge in [0.25, 0.3) is 0 Å². The highest BCUT2D eigenvalue weighted by Gasteiger charge is 2.11. The van der Waals surface area contributed by atoms with Gasteiger partial charge in [-0.25, -0.2) is 4.39 Å². The molecular weight excluding hydrogens is 321 g/mol. The van der Waals surface area contributed by atoms with Crippen LogP contribution in [0.3, 0.4) is 0 Å². The Morgan fingerprint density at radius 3 is 2.70 bits per heavy atom. The number of benzene rings is 2. The minimum atomic E-state index is -0.258. The number of hydrogen-bond acceptors (Lipinski definition) is 2. The van der Waals surface area contributed by atoms with Crippen LogP contribution in [0, 0.1) is 12.7 Å². The number of hydrogen-bond donors (Lipinski definition) is 1. The molecule has 20 heavy (non-hydrogen) atoms. The summed E-state index contributed by atoms with van der Waals surface area (Å²) in [4.78, 5) is 0. The minimum Gasteiger partial charge on any atom is -0.456 e. The smallest absolute Gasteiger partial charge is 0.141 e. The van der Waals surface area contributed by atoms with Gasteiger partial charge in [0.05, 0.1) is 4.47 Å². The first-order valence-electron chi connectivity index (χ1n) is 6.54. The lowest BCUT2D eigenvalue weighted by Gasteiger charge is -2.13. The van der Waals surface area contributed by atoms with E-state index in [0.717, 1.165) is 16.6 Å². The Morgan fingerprint density at radius 1 is 1.20 bits per heavy atom. The molecule has 0 aliphatic heterocycles. The number of nitrogens with one attached hydrogen (secondary N) is 1. The third kappa shape index (κ3) is 3.58. The summed E-state index contributed by atoms with van der Waals surface area (Å²) in [6, 6.07) is 10.7. The van der Waals surface area contributed by atoms with Crippen molar-refractivity contribution in [3.05, 3.63) is 57.8 Å². The Balaban J connectivity index is 2.30. The number of aryl methyl sites for hydroxylation is 1. The molecule has 0 radical (unpaired) electrons. The van der Waals surface area contributed by atoms with Gasteiger partial charge in [-0.15, -0.1) is 0 Å². The minimum absolute atomic E-state index is 0.258. The molecule has 0 spiro atoms. The second-order valence-corrected chi connectivity index (χ2v) is 5.39. The van der Waals surface area contributed by atoms with Gasteiger partial charge in [-0.3, -0.25) is 0 Å². The standard InChI is InChI=1S/C16H17BrFNO/c1-3-19-10-12-14(18)5-4-6-15(12)20-16-8-7-11(2)9-13(16)17/h4-9,19H,3,10H2,1-2H3. The molecule has 4 heteroatoms. The van der Waals surface area contributed by atoms with Crippen LogP contribution >= 0.6 is 15.9 Å². The van der Waals surface area contributed by atoms with Crippen molar-refractivity contribution in [1.82, 2.24) is 5.32 Å². The molecule has 106 valence electrons. The van der Waals surface area contributed by atoms with E-state index in [-0.39, 0.29) is 5.82 Å². The lowest BCUT2D eigenvalue weighted by molar-refractivity contribution is 0.460. The molecule has 0 unspecified atom stereocenters. The van der Waals surface area contributed by atoms with Gasteiger partial charge in [0.2, 0.25) is 0 Å². The van der Waals surface area contributed by atoms with E-state index in [1.54, 1.807) is 12.1 Å². The lowest BCUT2D eigenvalue weighted by Crippen LogP contribution is -2.13. The molecule has 0 saturated heterocycles. The van der Waals surface area contributed by atoms with Crippen molar-refractivity contribution in [1.29, 1.82) is 0 Å². The Morgan fingerprint density at radius 2 is 2.00 bits per heavy atom. The largest absolute Gasteiger partial charge is 0.456 e. The Kier molecular flexibility index (Phi) is 5.15. The fourth-order valence-corrected chi connectivity index (χ4v) is 2.44. The van der Waals surface area contributed by atoms with Gasteiger partial charge in [-0.05, 0) is 59.2 Å². The van der Waals surface area contributed by atoms with Crippen molar-refractivity contribution in [3.63, 3.8) is 0 Å². The molecule has 0 bridgehead atoms. The Bertz CT molecular complexity index is 601. The average molecular weight is 338 g/mol. The summed E-state index contributed by atoms with van der Waals surface area (Å²) in [6.07, 6.45) is 0. The molecule has 2 rings (SSSR count). The van der Waals surface area contributed by atoms with E-state index in [1.165, 1.54) is 6.07 Å². The van der Waals surface area contributed by atoms with Crippen LogP contribution in [0.15, 0.2) is 40.9 Å². The highest BCUT2D eigenvalue weighted by atomic mass is 79.9. The van der Waals surface area contributed by atoms with Crippen LogP contribution in [0.1, 0.15) is 18.1 Å². The van der Waals surface area contributed by atoms with Gasteiger partial charge in [0, 0.05) is 12.1 Å². The zero-order valence-corrected chi connectivity index (χ0v) is 13.1. The van der Waals surface area contributed by atoms with Gasteiger partial charge in [0.15, 0.2) is 0 Å². The number of rotatable bonds is 5. The quantitative estimate of drug-likeness (QED) is 0.846. The Hall–Kier alpha value is -1.39. The third-order valence-electron chi connectivity index (χ3n) is 2.93. The molecule has 0 aromatic heterocycles. The summed E-state index contributed by atoms with van der Waals surface area (Å²) in [5.74, 6) is 0.959. The van der Waals surface area contributed by atoms with Crippen LogP contribution in [-0.4, -0.2) is 6.54 Å². The zero-order valence-electron chi connectivity index (χ0n) is 11.5. The maximum atomic E-state index is 13.9.